The second kappa shape index (κ2) is 4.21. The Morgan fingerprint density at radius 2 is 2.27 bits per heavy atom. The van der Waals surface area contributed by atoms with Gasteiger partial charge in [0.2, 0.25) is 5.91 Å². The molecule has 0 aromatic carbocycles. The minimum Gasteiger partial charge on any atom is -0.369 e. The fourth-order valence-electron chi connectivity index (χ4n) is 1.27. The predicted molar refractivity (Wildman–Crippen MR) is 56.3 cm³/mol. The lowest BCUT2D eigenvalue weighted by molar-refractivity contribution is -0.125. The minimum absolute atomic E-state index is 0.379. The molecule has 0 radical (unpaired) electrons. The molecular formula is C11H14N2O2. The lowest BCUT2D eigenvalue weighted by Gasteiger charge is -2.20. The van der Waals surface area contributed by atoms with Crippen LogP contribution in [0, 0.1) is 5.41 Å². The largest absolute Gasteiger partial charge is 0.369 e. The molecule has 2 N–H and O–H groups in total. The van der Waals surface area contributed by atoms with E-state index in [0.29, 0.717) is 12.0 Å². The number of aldehydes is 1. The van der Waals surface area contributed by atoms with Crippen molar-refractivity contribution < 1.29 is 9.59 Å². The quantitative estimate of drug-likeness (QED) is 0.745. The van der Waals surface area contributed by atoms with Gasteiger partial charge in [0, 0.05) is 23.4 Å². The molecule has 4 nitrogen and oxygen atoms in total. The Balaban J connectivity index is 2.98. The molecule has 0 atom stereocenters. The van der Waals surface area contributed by atoms with E-state index in [-0.39, 0.29) is 5.91 Å². The summed E-state index contributed by atoms with van der Waals surface area (Å²) in [5.41, 5.74) is 5.91. The smallest absolute Gasteiger partial charge is 0.223 e. The topological polar surface area (TPSA) is 73.1 Å². The number of hydrogen-bond donors (Lipinski definition) is 1. The summed E-state index contributed by atoms with van der Waals surface area (Å²) in [5, 5.41) is 0. The van der Waals surface area contributed by atoms with Crippen LogP contribution in [0.5, 0.6) is 0 Å². The zero-order chi connectivity index (χ0) is 11.5. The van der Waals surface area contributed by atoms with E-state index in [2.05, 4.69) is 4.98 Å². The molecule has 0 unspecified atom stereocenters. The van der Waals surface area contributed by atoms with Crippen LogP contribution in [-0.4, -0.2) is 17.2 Å². The fraction of sp³-hybridized carbons (Fsp3) is 0.364. The van der Waals surface area contributed by atoms with Crippen LogP contribution < -0.4 is 5.73 Å². The Morgan fingerprint density at radius 1 is 1.60 bits per heavy atom. The van der Waals surface area contributed by atoms with Gasteiger partial charge in [-0.15, -0.1) is 0 Å². The SMILES string of the molecule is CC(C)(Cc1ccncc1C=O)C(N)=O. The maximum atomic E-state index is 11.1. The van der Waals surface area contributed by atoms with E-state index in [9.17, 15) is 9.59 Å². The third-order valence-corrected chi connectivity index (χ3v) is 2.37. The van der Waals surface area contributed by atoms with Crippen molar-refractivity contribution in [1.82, 2.24) is 4.98 Å². The van der Waals surface area contributed by atoms with Gasteiger partial charge in [-0.2, -0.15) is 0 Å². The highest BCUT2D eigenvalue weighted by molar-refractivity contribution is 5.81. The lowest BCUT2D eigenvalue weighted by Crippen LogP contribution is -2.33. The van der Waals surface area contributed by atoms with Crippen LogP contribution in [0.4, 0.5) is 0 Å². The molecule has 1 aromatic rings. The molecular weight excluding hydrogens is 192 g/mol. The second-order valence-corrected chi connectivity index (χ2v) is 4.12. The van der Waals surface area contributed by atoms with Crippen molar-refractivity contribution in [3.8, 4) is 0 Å². The highest BCUT2D eigenvalue weighted by Gasteiger charge is 2.26. The van der Waals surface area contributed by atoms with Crippen LogP contribution in [0.15, 0.2) is 18.5 Å². The van der Waals surface area contributed by atoms with E-state index in [1.165, 1.54) is 6.20 Å². The fourth-order valence-corrected chi connectivity index (χ4v) is 1.27. The first kappa shape index (κ1) is 11.4. The molecule has 1 rings (SSSR count). The summed E-state index contributed by atoms with van der Waals surface area (Å²) < 4.78 is 0. The van der Waals surface area contributed by atoms with Gasteiger partial charge in [-0.1, -0.05) is 13.8 Å². The Hall–Kier alpha value is -1.71. The number of aromatic nitrogens is 1. The van der Waals surface area contributed by atoms with Gasteiger partial charge in [-0.3, -0.25) is 14.6 Å². The molecule has 15 heavy (non-hydrogen) atoms. The zero-order valence-electron chi connectivity index (χ0n) is 8.86. The van der Waals surface area contributed by atoms with Crippen molar-refractivity contribution in [3.63, 3.8) is 0 Å². The normalized spacial score (nSPS) is 11.1. The third kappa shape index (κ3) is 2.62. The predicted octanol–water partition coefficient (Wildman–Crippen LogP) is 0.948. The van der Waals surface area contributed by atoms with E-state index < -0.39 is 5.41 Å². The highest BCUT2D eigenvalue weighted by Crippen LogP contribution is 2.22. The van der Waals surface area contributed by atoms with E-state index in [1.807, 2.05) is 0 Å². The first-order valence-electron chi connectivity index (χ1n) is 4.65. The molecule has 0 saturated heterocycles. The summed E-state index contributed by atoms with van der Waals surface area (Å²) in [6.45, 7) is 3.51. The first-order valence-corrected chi connectivity index (χ1v) is 4.65. The number of pyridine rings is 1. The van der Waals surface area contributed by atoms with Crippen LogP contribution in [-0.2, 0) is 11.2 Å². The highest BCUT2D eigenvalue weighted by atomic mass is 16.1. The maximum absolute atomic E-state index is 11.1. The van der Waals surface area contributed by atoms with Crippen molar-refractivity contribution in [3.05, 3.63) is 29.6 Å². The Morgan fingerprint density at radius 3 is 2.80 bits per heavy atom. The van der Waals surface area contributed by atoms with Gasteiger partial charge in [-0.25, -0.2) is 0 Å². The van der Waals surface area contributed by atoms with Crippen molar-refractivity contribution in [2.24, 2.45) is 11.1 Å². The third-order valence-electron chi connectivity index (χ3n) is 2.37. The van der Waals surface area contributed by atoms with Crippen LogP contribution >= 0.6 is 0 Å². The molecule has 0 bridgehead atoms. The standard InChI is InChI=1S/C11H14N2O2/c1-11(2,10(12)15)5-8-3-4-13-6-9(8)7-14/h3-4,6-7H,5H2,1-2H3,(H2,12,15). The average Bonchev–Trinajstić information content (AvgIpc) is 2.18. The lowest BCUT2D eigenvalue weighted by atomic mass is 9.84. The van der Waals surface area contributed by atoms with Crippen molar-refractivity contribution in [2.45, 2.75) is 20.3 Å². The summed E-state index contributed by atoms with van der Waals surface area (Å²) in [6, 6.07) is 1.73. The Labute approximate surface area is 88.5 Å². The zero-order valence-corrected chi connectivity index (χ0v) is 8.86. The van der Waals surface area contributed by atoms with Gasteiger partial charge in [0.25, 0.3) is 0 Å². The van der Waals surface area contributed by atoms with E-state index >= 15 is 0 Å². The van der Waals surface area contributed by atoms with Crippen LogP contribution in [0.2, 0.25) is 0 Å². The molecule has 0 saturated carbocycles. The van der Waals surface area contributed by atoms with E-state index in [1.54, 1.807) is 26.1 Å². The number of carbonyl (C=O) groups is 2. The van der Waals surface area contributed by atoms with Gasteiger partial charge >= 0.3 is 0 Å². The summed E-state index contributed by atoms with van der Waals surface area (Å²) in [4.78, 5) is 25.7. The number of amides is 1. The molecule has 0 fully saturated rings. The molecule has 0 aliphatic carbocycles. The van der Waals surface area contributed by atoms with Gasteiger partial charge in [0.1, 0.15) is 0 Å². The number of nitrogens with two attached hydrogens (primary N) is 1. The van der Waals surface area contributed by atoms with Crippen molar-refractivity contribution >= 4 is 12.2 Å². The minimum atomic E-state index is -0.654. The van der Waals surface area contributed by atoms with Gasteiger partial charge in [0.15, 0.2) is 6.29 Å². The molecule has 1 aromatic heterocycles. The molecule has 0 aliphatic heterocycles. The molecule has 0 aliphatic rings. The second-order valence-electron chi connectivity index (χ2n) is 4.12. The molecule has 1 heterocycles. The van der Waals surface area contributed by atoms with E-state index in [4.69, 9.17) is 5.73 Å². The summed E-state index contributed by atoms with van der Waals surface area (Å²) in [7, 11) is 0. The number of nitrogens with zero attached hydrogens (tertiary/aromatic N) is 1. The van der Waals surface area contributed by atoms with Crippen LogP contribution in [0.1, 0.15) is 29.8 Å². The molecule has 80 valence electrons. The number of hydrogen-bond acceptors (Lipinski definition) is 3. The van der Waals surface area contributed by atoms with Gasteiger partial charge < -0.3 is 5.73 Å². The van der Waals surface area contributed by atoms with Crippen molar-refractivity contribution in [2.75, 3.05) is 0 Å². The molecule has 1 amide bonds. The van der Waals surface area contributed by atoms with Gasteiger partial charge in [-0.05, 0) is 18.1 Å². The molecule has 0 spiro atoms. The van der Waals surface area contributed by atoms with Gasteiger partial charge in [0.05, 0.1) is 0 Å². The summed E-state index contributed by atoms with van der Waals surface area (Å²) in [6.07, 6.45) is 4.26. The van der Waals surface area contributed by atoms with E-state index in [0.717, 1.165) is 11.8 Å². The number of rotatable bonds is 4. The average molecular weight is 206 g/mol. The summed E-state index contributed by atoms with van der Waals surface area (Å²) >= 11 is 0. The van der Waals surface area contributed by atoms with Crippen LogP contribution in [0.3, 0.4) is 0 Å². The number of primary amides is 1. The van der Waals surface area contributed by atoms with Crippen LogP contribution in [0.25, 0.3) is 0 Å². The Kier molecular flexibility index (Phi) is 3.19. The first-order chi connectivity index (χ1) is 6.97. The number of carbonyl (C=O) groups excluding carboxylic acids is 2. The van der Waals surface area contributed by atoms with Crippen molar-refractivity contribution in [1.29, 1.82) is 0 Å². The Bertz CT molecular complexity index is 386. The molecule has 4 heteroatoms. The maximum Gasteiger partial charge on any atom is 0.223 e. The summed E-state index contributed by atoms with van der Waals surface area (Å²) in [5.74, 6) is -0.379. The monoisotopic (exact) mass is 206 g/mol.